The lowest BCUT2D eigenvalue weighted by Gasteiger charge is -2.30. The van der Waals surface area contributed by atoms with E-state index in [0.29, 0.717) is 51.8 Å². The maximum Gasteiger partial charge on any atom is 0.336 e. The van der Waals surface area contributed by atoms with Crippen LogP contribution in [0.25, 0.3) is 22.6 Å². The molecule has 6 nitrogen and oxygen atoms in total. The monoisotopic (exact) mass is 438 g/mol. The summed E-state index contributed by atoms with van der Waals surface area (Å²) in [5.74, 6) is 0.0621. The van der Waals surface area contributed by atoms with Gasteiger partial charge >= 0.3 is 5.97 Å². The van der Waals surface area contributed by atoms with Crippen molar-refractivity contribution >= 4 is 40.1 Å². The summed E-state index contributed by atoms with van der Waals surface area (Å²) in [5.41, 5.74) is 4.19. The summed E-state index contributed by atoms with van der Waals surface area (Å²) in [4.78, 5) is 19.3. The van der Waals surface area contributed by atoms with Gasteiger partial charge < -0.3 is 14.6 Å². The van der Waals surface area contributed by atoms with Gasteiger partial charge in [-0.1, -0.05) is 36.7 Å². The number of hydrogen-bond acceptors (Lipinski definition) is 5. The van der Waals surface area contributed by atoms with Gasteiger partial charge in [0, 0.05) is 24.0 Å². The quantitative estimate of drug-likeness (QED) is 0.605. The lowest BCUT2D eigenvalue weighted by Crippen LogP contribution is -2.31. The first-order valence-electron chi connectivity index (χ1n) is 9.96. The third-order valence-electron chi connectivity index (χ3n) is 5.53. The van der Waals surface area contributed by atoms with E-state index in [9.17, 15) is 9.90 Å². The summed E-state index contributed by atoms with van der Waals surface area (Å²) in [6, 6.07) is 11.0. The molecule has 3 aromatic rings. The highest BCUT2D eigenvalue weighted by Gasteiger charge is 2.28. The van der Waals surface area contributed by atoms with E-state index in [4.69, 9.17) is 26.1 Å². The highest BCUT2D eigenvalue weighted by molar-refractivity contribution is 6.32. The van der Waals surface area contributed by atoms with Crippen LogP contribution in [-0.4, -0.2) is 48.3 Å². The Bertz CT molecular complexity index is 1210. The van der Waals surface area contributed by atoms with E-state index >= 15 is 0 Å². The predicted octanol–water partition coefficient (Wildman–Crippen LogP) is 4.98. The van der Waals surface area contributed by atoms with Crippen LogP contribution in [0.1, 0.15) is 34.1 Å². The van der Waals surface area contributed by atoms with Gasteiger partial charge in [0.25, 0.3) is 0 Å². The molecule has 0 unspecified atom stereocenters. The number of carboxylic acids is 1. The van der Waals surface area contributed by atoms with Gasteiger partial charge in [-0.25, -0.2) is 9.78 Å². The van der Waals surface area contributed by atoms with Crippen molar-refractivity contribution in [2.45, 2.75) is 13.5 Å². The molecule has 0 atom stereocenters. The molecular weight excluding hydrogens is 416 g/mol. The van der Waals surface area contributed by atoms with Crippen LogP contribution < -0.4 is 9.47 Å². The molecule has 0 fully saturated rings. The minimum atomic E-state index is -0.943. The number of ether oxygens (including phenoxy) is 2. The van der Waals surface area contributed by atoms with E-state index in [1.807, 2.05) is 36.4 Å². The molecule has 0 saturated carbocycles. The van der Waals surface area contributed by atoms with Gasteiger partial charge in [-0.2, -0.15) is 0 Å². The molecule has 160 valence electrons. The average molecular weight is 439 g/mol. The number of likely N-dealkylation sites (N-methyl/N-ethyl adjacent to an activating group) is 1. The van der Waals surface area contributed by atoms with Gasteiger partial charge in [-0.05, 0) is 42.0 Å². The fourth-order valence-corrected chi connectivity index (χ4v) is 4.37. The van der Waals surface area contributed by atoms with Crippen molar-refractivity contribution in [3.63, 3.8) is 0 Å². The minimum Gasteiger partial charge on any atom is -0.493 e. The summed E-state index contributed by atoms with van der Waals surface area (Å²) in [7, 11) is 3.10. The SMILES string of the molecule is CCN1CC(=Cc2cc(Cl)c(OC)c(OC)c2)c2nc3ccccc3c(C(=O)O)c2C1. The molecule has 2 heterocycles. The lowest BCUT2D eigenvalue weighted by atomic mass is 9.92. The molecule has 1 aliphatic heterocycles. The van der Waals surface area contributed by atoms with Crippen molar-refractivity contribution in [1.29, 1.82) is 0 Å². The molecule has 0 amide bonds. The number of aromatic carboxylic acids is 1. The Balaban J connectivity index is 1.96. The van der Waals surface area contributed by atoms with Gasteiger partial charge in [0.15, 0.2) is 11.5 Å². The molecule has 0 spiro atoms. The molecule has 0 aliphatic carbocycles. The smallest absolute Gasteiger partial charge is 0.336 e. The van der Waals surface area contributed by atoms with Crippen molar-refractivity contribution in [2.24, 2.45) is 0 Å². The van der Waals surface area contributed by atoms with Crippen LogP contribution in [0, 0.1) is 0 Å². The number of aromatic nitrogens is 1. The van der Waals surface area contributed by atoms with Crippen molar-refractivity contribution < 1.29 is 19.4 Å². The van der Waals surface area contributed by atoms with Crippen LogP contribution in [0.3, 0.4) is 0 Å². The van der Waals surface area contributed by atoms with Gasteiger partial charge in [0.05, 0.1) is 36.0 Å². The Morgan fingerprint density at radius 2 is 2.00 bits per heavy atom. The first-order chi connectivity index (χ1) is 15.0. The summed E-state index contributed by atoms with van der Waals surface area (Å²) in [6.45, 7) is 4.04. The number of methoxy groups -OCH3 is 2. The number of hydrogen-bond donors (Lipinski definition) is 1. The van der Waals surface area contributed by atoms with Gasteiger partial charge in [-0.15, -0.1) is 0 Å². The Labute approximate surface area is 185 Å². The Morgan fingerprint density at radius 1 is 1.23 bits per heavy atom. The maximum absolute atomic E-state index is 12.2. The maximum atomic E-state index is 12.2. The minimum absolute atomic E-state index is 0.315. The molecule has 1 aliphatic rings. The highest BCUT2D eigenvalue weighted by Crippen LogP contribution is 2.38. The van der Waals surface area contributed by atoms with Crippen LogP contribution in [0.5, 0.6) is 11.5 Å². The number of carboxylic acid groups (broad SMARTS) is 1. The van der Waals surface area contributed by atoms with Crippen LogP contribution >= 0.6 is 11.6 Å². The number of para-hydroxylation sites is 1. The Morgan fingerprint density at radius 3 is 2.68 bits per heavy atom. The first-order valence-corrected chi connectivity index (χ1v) is 10.3. The van der Waals surface area contributed by atoms with E-state index in [0.717, 1.165) is 23.2 Å². The first kappa shape index (κ1) is 21.2. The molecule has 2 aromatic carbocycles. The van der Waals surface area contributed by atoms with Crippen LogP contribution in [0.15, 0.2) is 36.4 Å². The third kappa shape index (κ3) is 3.84. The van der Waals surface area contributed by atoms with E-state index in [1.54, 1.807) is 20.3 Å². The number of carbonyl (C=O) groups is 1. The topological polar surface area (TPSA) is 71.9 Å². The van der Waals surface area contributed by atoms with Crippen LogP contribution in [0.2, 0.25) is 5.02 Å². The van der Waals surface area contributed by atoms with Crippen molar-refractivity contribution in [1.82, 2.24) is 9.88 Å². The highest BCUT2D eigenvalue weighted by atomic mass is 35.5. The Hall–Kier alpha value is -3.09. The van der Waals surface area contributed by atoms with Gasteiger partial charge in [-0.3, -0.25) is 4.90 Å². The second-order valence-corrected chi connectivity index (χ2v) is 7.75. The summed E-state index contributed by atoms with van der Waals surface area (Å²) in [5, 5.41) is 11.1. The van der Waals surface area contributed by atoms with Crippen molar-refractivity contribution in [3.05, 3.63) is 63.8 Å². The van der Waals surface area contributed by atoms with E-state index < -0.39 is 5.97 Å². The number of pyridine rings is 1. The molecule has 1 aromatic heterocycles. The standard InChI is InChI=1S/C24H23ClN2O4/c1-4-27-12-15(9-14-10-18(25)23(31-3)20(11-14)30-2)22-17(13-27)21(24(28)29)16-7-5-6-8-19(16)26-22/h5-11H,4,12-13H2,1-3H3,(H,28,29). The molecule has 31 heavy (non-hydrogen) atoms. The summed E-state index contributed by atoms with van der Waals surface area (Å²) in [6.07, 6.45) is 1.99. The molecule has 4 rings (SSSR count). The van der Waals surface area contributed by atoms with E-state index in [-0.39, 0.29) is 0 Å². The van der Waals surface area contributed by atoms with Crippen molar-refractivity contribution in [2.75, 3.05) is 27.3 Å². The fraction of sp³-hybridized carbons (Fsp3) is 0.250. The van der Waals surface area contributed by atoms with Gasteiger partial charge in [0.1, 0.15) is 0 Å². The second kappa shape index (κ2) is 8.57. The lowest BCUT2D eigenvalue weighted by molar-refractivity contribution is 0.0696. The van der Waals surface area contributed by atoms with E-state index in [2.05, 4.69) is 11.8 Å². The van der Waals surface area contributed by atoms with Gasteiger partial charge in [0.2, 0.25) is 0 Å². The van der Waals surface area contributed by atoms with Crippen molar-refractivity contribution in [3.8, 4) is 11.5 Å². The molecule has 0 bridgehead atoms. The molecular formula is C24H23ClN2O4. The second-order valence-electron chi connectivity index (χ2n) is 7.35. The molecule has 0 radical (unpaired) electrons. The Kier molecular flexibility index (Phi) is 5.85. The van der Waals surface area contributed by atoms with Crippen LogP contribution in [0.4, 0.5) is 0 Å². The number of benzene rings is 2. The number of nitrogens with zero attached hydrogens (tertiary/aromatic N) is 2. The summed E-state index contributed by atoms with van der Waals surface area (Å²) < 4.78 is 10.8. The zero-order valence-corrected chi connectivity index (χ0v) is 18.4. The number of rotatable bonds is 5. The zero-order valence-electron chi connectivity index (χ0n) is 17.6. The molecule has 0 saturated heterocycles. The summed E-state index contributed by atoms with van der Waals surface area (Å²) >= 11 is 6.39. The zero-order chi connectivity index (χ0) is 22.1. The predicted molar refractivity (Wildman–Crippen MR) is 122 cm³/mol. The number of halogens is 1. The van der Waals surface area contributed by atoms with Crippen LogP contribution in [-0.2, 0) is 6.54 Å². The largest absolute Gasteiger partial charge is 0.493 e. The third-order valence-corrected chi connectivity index (χ3v) is 5.81. The van der Waals surface area contributed by atoms with E-state index in [1.165, 1.54) is 0 Å². The average Bonchev–Trinajstić information content (AvgIpc) is 2.76. The molecule has 1 N–H and O–H groups in total. The number of fused-ring (bicyclic) bond motifs is 2. The fourth-order valence-electron chi connectivity index (χ4n) is 4.07. The molecule has 7 heteroatoms. The normalized spacial score (nSPS) is 15.2.